The fraction of sp³-hybridized carbons (Fsp3) is 0.500. The van der Waals surface area contributed by atoms with Crippen molar-refractivity contribution in [1.29, 1.82) is 0 Å². The van der Waals surface area contributed by atoms with Crippen LogP contribution in [0.1, 0.15) is 18.9 Å². The van der Waals surface area contributed by atoms with E-state index in [0.29, 0.717) is 38.6 Å². The van der Waals surface area contributed by atoms with Crippen molar-refractivity contribution in [2.45, 2.75) is 13.3 Å². The highest BCUT2D eigenvalue weighted by molar-refractivity contribution is 7.90. The topological polar surface area (TPSA) is 59.0 Å². The van der Waals surface area contributed by atoms with Gasteiger partial charge >= 0.3 is 0 Å². The van der Waals surface area contributed by atoms with E-state index in [4.69, 9.17) is 4.74 Å². The molecule has 0 saturated carbocycles. The average molecular weight is 296 g/mol. The molecule has 110 valence electrons. The molecule has 0 spiro atoms. The molecule has 1 heterocycles. The maximum Gasteiger partial charge on any atom is 0.255 e. The summed E-state index contributed by atoms with van der Waals surface area (Å²) in [5, 5.41) is 0. The molecule has 0 aromatic heterocycles. The summed E-state index contributed by atoms with van der Waals surface area (Å²) in [7, 11) is -3.42. The van der Waals surface area contributed by atoms with Gasteiger partial charge in [0.05, 0.1) is 19.0 Å². The summed E-state index contributed by atoms with van der Waals surface area (Å²) >= 11 is 0. The third kappa shape index (κ3) is 4.05. The van der Waals surface area contributed by atoms with Crippen LogP contribution in [0.5, 0.6) is 0 Å². The summed E-state index contributed by atoms with van der Waals surface area (Å²) in [6, 6.07) is 9.45. The molecular weight excluding hydrogens is 276 g/mol. The van der Waals surface area contributed by atoms with Gasteiger partial charge in [-0.15, -0.1) is 4.40 Å². The quantitative estimate of drug-likeness (QED) is 0.624. The van der Waals surface area contributed by atoms with Gasteiger partial charge in [0.1, 0.15) is 5.84 Å². The van der Waals surface area contributed by atoms with Crippen molar-refractivity contribution in [2.24, 2.45) is 4.40 Å². The van der Waals surface area contributed by atoms with E-state index in [-0.39, 0.29) is 5.75 Å². The second kappa shape index (κ2) is 6.85. The molecule has 5 nitrogen and oxygen atoms in total. The van der Waals surface area contributed by atoms with Crippen molar-refractivity contribution in [2.75, 3.05) is 32.1 Å². The summed E-state index contributed by atoms with van der Waals surface area (Å²) in [6.07, 6.45) is 0.566. The lowest BCUT2D eigenvalue weighted by molar-refractivity contribution is 0.0683. The number of rotatable bonds is 4. The largest absolute Gasteiger partial charge is 0.378 e. The number of nitrogens with zero attached hydrogens (tertiary/aromatic N) is 2. The van der Waals surface area contributed by atoms with Crippen LogP contribution in [0.4, 0.5) is 0 Å². The van der Waals surface area contributed by atoms with Gasteiger partial charge in [-0.1, -0.05) is 37.3 Å². The van der Waals surface area contributed by atoms with E-state index in [1.54, 1.807) is 0 Å². The Labute approximate surface area is 120 Å². The van der Waals surface area contributed by atoms with Crippen LogP contribution in [0.15, 0.2) is 34.7 Å². The van der Waals surface area contributed by atoms with Crippen LogP contribution in [0.25, 0.3) is 0 Å². The highest BCUT2D eigenvalue weighted by Crippen LogP contribution is 2.11. The Kier molecular flexibility index (Phi) is 5.14. The van der Waals surface area contributed by atoms with Crippen LogP contribution in [0.2, 0.25) is 0 Å². The van der Waals surface area contributed by atoms with Crippen molar-refractivity contribution < 1.29 is 13.2 Å². The molecule has 1 aliphatic heterocycles. The van der Waals surface area contributed by atoms with Gasteiger partial charge in [0.25, 0.3) is 10.0 Å². The van der Waals surface area contributed by atoms with Crippen LogP contribution in [-0.2, 0) is 14.8 Å². The number of ether oxygens (including phenoxy) is 1. The number of amidine groups is 1. The zero-order chi connectivity index (χ0) is 14.4. The molecule has 1 aliphatic rings. The standard InChI is InChI=1S/C14H20N2O3S/c1-2-12-20(17,18)15-14(13-6-4-3-5-7-13)16-8-10-19-11-9-16/h3-7H,2,8-12H2,1H3. The predicted molar refractivity (Wildman–Crippen MR) is 79.4 cm³/mol. The molecule has 0 radical (unpaired) electrons. The van der Waals surface area contributed by atoms with E-state index in [1.165, 1.54) is 0 Å². The SMILES string of the molecule is CCCS(=O)(=O)N=C(c1ccccc1)N1CCOCC1. The Morgan fingerprint density at radius 3 is 2.50 bits per heavy atom. The molecule has 20 heavy (non-hydrogen) atoms. The maximum absolute atomic E-state index is 12.0. The van der Waals surface area contributed by atoms with Gasteiger partial charge in [-0.25, -0.2) is 8.42 Å². The summed E-state index contributed by atoms with van der Waals surface area (Å²) in [5.74, 6) is 0.607. The Bertz CT molecular complexity index is 549. The monoisotopic (exact) mass is 296 g/mol. The molecule has 1 aromatic carbocycles. The third-order valence-corrected chi connectivity index (χ3v) is 4.41. The molecule has 0 aliphatic carbocycles. The van der Waals surface area contributed by atoms with E-state index in [2.05, 4.69) is 4.40 Å². The van der Waals surface area contributed by atoms with Gasteiger partial charge in [0.2, 0.25) is 0 Å². The third-order valence-electron chi connectivity index (χ3n) is 3.03. The first-order valence-electron chi connectivity index (χ1n) is 6.83. The molecule has 0 amide bonds. The van der Waals surface area contributed by atoms with Crippen LogP contribution in [0, 0.1) is 0 Å². The first-order chi connectivity index (χ1) is 9.62. The highest BCUT2D eigenvalue weighted by Gasteiger charge is 2.19. The molecule has 1 aromatic rings. The number of morpholine rings is 1. The number of sulfonamides is 1. The minimum Gasteiger partial charge on any atom is -0.378 e. The fourth-order valence-electron chi connectivity index (χ4n) is 2.09. The van der Waals surface area contributed by atoms with Crippen molar-refractivity contribution in [1.82, 2.24) is 4.90 Å². The van der Waals surface area contributed by atoms with Crippen molar-refractivity contribution in [3.63, 3.8) is 0 Å². The van der Waals surface area contributed by atoms with Crippen LogP contribution >= 0.6 is 0 Å². The molecule has 2 rings (SSSR count). The second-order valence-corrected chi connectivity index (χ2v) is 6.42. The van der Waals surface area contributed by atoms with E-state index in [0.717, 1.165) is 5.56 Å². The van der Waals surface area contributed by atoms with E-state index < -0.39 is 10.0 Å². The molecule has 6 heteroatoms. The average Bonchev–Trinajstić information content (AvgIpc) is 2.47. The molecular formula is C14H20N2O3S. The molecule has 0 N–H and O–H groups in total. The second-order valence-electron chi connectivity index (χ2n) is 4.67. The Balaban J connectivity index is 2.36. The van der Waals surface area contributed by atoms with Crippen molar-refractivity contribution in [3.05, 3.63) is 35.9 Å². The Morgan fingerprint density at radius 1 is 1.25 bits per heavy atom. The fourth-order valence-corrected chi connectivity index (χ4v) is 3.18. The zero-order valence-electron chi connectivity index (χ0n) is 11.7. The summed E-state index contributed by atoms with van der Waals surface area (Å²) in [6.45, 7) is 4.36. The van der Waals surface area contributed by atoms with Crippen LogP contribution in [0.3, 0.4) is 0 Å². The van der Waals surface area contributed by atoms with Crippen LogP contribution in [-0.4, -0.2) is 51.2 Å². The van der Waals surface area contributed by atoms with Crippen molar-refractivity contribution in [3.8, 4) is 0 Å². The molecule has 1 fully saturated rings. The summed E-state index contributed by atoms with van der Waals surface area (Å²) in [5.41, 5.74) is 0.828. The lowest BCUT2D eigenvalue weighted by atomic mass is 10.2. The molecule has 0 unspecified atom stereocenters. The lowest BCUT2D eigenvalue weighted by Crippen LogP contribution is -2.41. The van der Waals surface area contributed by atoms with Gasteiger partial charge < -0.3 is 9.64 Å². The molecule has 0 atom stereocenters. The van der Waals surface area contributed by atoms with Gasteiger partial charge in [0.15, 0.2) is 0 Å². The normalized spacial score (nSPS) is 17.2. The van der Waals surface area contributed by atoms with E-state index in [1.807, 2.05) is 42.2 Å². The van der Waals surface area contributed by atoms with Gasteiger partial charge in [-0.3, -0.25) is 0 Å². The summed E-state index contributed by atoms with van der Waals surface area (Å²) < 4.78 is 33.4. The first-order valence-corrected chi connectivity index (χ1v) is 8.44. The number of hydrogen-bond donors (Lipinski definition) is 0. The first kappa shape index (κ1) is 15.0. The van der Waals surface area contributed by atoms with Crippen molar-refractivity contribution >= 4 is 15.9 Å². The highest BCUT2D eigenvalue weighted by atomic mass is 32.2. The predicted octanol–water partition coefficient (Wildman–Crippen LogP) is 1.51. The Hall–Kier alpha value is -1.40. The van der Waals surface area contributed by atoms with Gasteiger partial charge in [-0.05, 0) is 6.42 Å². The van der Waals surface area contributed by atoms with E-state index >= 15 is 0 Å². The maximum atomic E-state index is 12.0. The lowest BCUT2D eigenvalue weighted by Gasteiger charge is -2.29. The van der Waals surface area contributed by atoms with Gasteiger partial charge in [-0.2, -0.15) is 0 Å². The molecule has 1 saturated heterocycles. The van der Waals surface area contributed by atoms with Gasteiger partial charge in [0, 0.05) is 18.7 Å². The minimum atomic E-state index is -3.42. The number of benzene rings is 1. The Morgan fingerprint density at radius 2 is 1.90 bits per heavy atom. The molecule has 0 bridgehead atoms. The smallest absolute Gasteiger partial charge is 0.255 e. The van der Waals surface area contributed by atoms with Crippen LogP contribution < -0.4 is 0 Å². The zero-order valence-corrected chi connectivity index (χ0v) is 12.5. The minimum absolute atomic E-state index is 0.0771. The number of hydrogen-bond acceptors (Lipinski definition) is 3. The van der Waals surface area contributed by atoms with E-state index in [9.17, 15) is 8.42 Å². The summed E-state index contributed by atoms with van der Waals surface area (Å²) in [4.78, 5) is 1.98.